The lowest BCUT2D eigenvalue weighted by Gasteiger charge is -2.05. The second-order valence-corrected chi connectivity index (χ2v) is 4.33. The topological polar surface area (TPSA) is 30.9 Å². The molecule has 0 saturated heterocycles. The molecular weight excluding hydrogens is 172 g/mol. The SMILES string of the molecule is Cn1cc(C2(N)CC2)c2ccccc21. The van der Waals surface area contributed by atoms with Crippen LogP contribution in [0, 0.1) is 0 Å². The van der Waals surface area contributed by atoms with E-state index in [9.17, 15) is 0 Å². The smallest absolute Gasteiger partial charge is 0.0481 e. The Bertz CT molecular complexity index is 492. The number of benzene rings is 1. The minimum atomic E-state index is -0.0269. The minimum absolute atomic E-state index is 0.0269. The molecule has 0 aliphatic heterocycles. The molecule has 1 aliphatic rings. The van der Waals surface area contributed by atoms with Crippen LogP contribution in [0.1, 0.15) is 18.4 Å². The van der Waals surface area contributed by atoms with Gasteiger partial charge in [0.05, 0.1) is 0 Å². The van der Waals surface area contributed by atoms with Gasteiger partial charge >= 0.3 is 0 Å². The molecule has 3 rings (SSSR count). The average molecular weight is 186 g/mol. The lowest BCUT2D eigenvalue weighted by molar-refractivity contribution is 0.741. The molecule has 2 aromatic rings. The first-order valence-electron chi connectivity index (χ1n) is 5.04. The van der Waals surface area contributed by atoms with Crippen molar-refractivity contribution in [3.05, 3.63) is 36.0 Å². The van der Waals surface area contributed by atoms with E-state index in [1.807, 2.05) is 0 Å². The standard InChI is InChI=1S/C12H14N2/c1-14-8-10(12(13)6-7-12)9-4-2-3-5-11(9)14/h2-5,8H,6-7,13H2,1H3. The van der Waals surface area contributed by atoms with Crippen molar-refractivity contribution in [1.29, 1.82) is 0 Å². The molecule has 0 amide bonds. The Morgan fingerprint density at radius 1 is 1.29 bits per heavy atom. The summed E-state index contributed by atoms with van der Waals surface area (Å²) < 4.78 is 2.16. The largest absolute Gasteiger partial charge is 0.350 e. The fraction of sp³-hybridized carbons (Fsp3) is 0.333. The first-order chi connectivity index (χ1) is 6.71. The van der Waals surface area contributed by atoms with Crippen molar-refractivity contribution in [2.24, 2.45) is 12.8 Å². The number of hydrogen-bond acceptors (Lipinski definition) is 1. The van der Waals surface area contributed by atoms with Gasteiger partial charge < -0.3 is 10.3 Å². The lowest BCUT2D eigenvalue weighted by Crippen LogP contribution is -2.18. The van der Waals surface area contributed by atoms with Gasteiger partial charge in [-0.15, -0.1) is 0 Å². The highest BCUT2D eigenvalue weighted by Gasteiger charge is 2.41. The van der Waals surface area contributed by atoms with Crippen LogP contribution in [0.5, 0.6) is 0 Å². The number of nitrogens with two attached hydrogens (primary N) is 1. The van der Waals surface area contributed by atoms with Gasteiger partial charge in [-0.25, -0.2) is 0 Å². The Morgan fingerprint density at radius 2 is 2.00 bits per heavy atom. The molecular formula is C12H14N2. The van der Waals surface area contributed by atoms with Crippen LogP contribution in [0.4, 0.5) is 0 Å². The van der Waals surface area contributed by atoms with E-state index in [0.29, 0.717) is 0 Å². The zero-order valence-corrected chi connectivity index (χ0v) is 8.33. The summed E-state index contributed by atoms with van der Waals surface area (Å²) in [6, 6.07) is 8.46. The Hall–Kier alpha value is -1.28. The first-order valence-corrected chi connectivity index (χ1v) is 5.04. The van der Waals surface area contributed by atoms with E-state index in [4.69, 9.17) is 5.73 Å². The third-order valence-electron chi connectivity index (χ3n) is 3.22. The molecule has 2 heteroatoms. The summed E-state index contributed by atoms with van der Waals surface area (Å²) >= 11 is 0. The van der Waals surface area contributed by atoms with Crippen molar-refractivity contribution in [1.82, 2.24) is 4.57 Å². The van der Waals surface area contributed by atoms with Gasteiger partial charge in [0.15, 0.2) is 0 Å². The number of aryl methyl sites for hydroxylation is 1. The van der Waals surface area contributed by atoms with Crippen molar-refractivity contribution in [2.45, 2.75) is 18.4 Å². The Labute approximate surface area is 83.3 Å². The normalized spacial score (nSPS) is 18.7. The maximum Gasteiger partial charge on any atom is 0.0481 e. The van der Waals surface area contributed by atoms with Crippen molar-refractivity contribution in [3.63, 3.8) is 0 Å². The maximum absolute atomic E-state index is 6.23. The van der Waals surface area contributed by atoms with Gasteiger partial charge in [-0.2, -0.15) is 0 Å². The van der Waals surface area contributed by atoms with Gasteiger partial charge in [-0.3, -0.25) is 0 Å². The van der Waals surface area contributed by atoms with Gasteiger partial charge in [0.25, 0.3) is 0 Å². The number of nitrogens with zero attached hydrogens (tertiary/aromatic N) is 1. The number of para-hydroxylation sites is 1. The molecule has 2 N–H and O–H groups in total. The molecule has 1 saturated carbocycles. The number of hydrogen-bond donors (Lipinski definition) is 1. The molecule has 0 radical (unpaired) electrons. The summed E-state index contributed by atoms with van der Waals surface area (Å²) in [5, 5.41) is 1.31. The molecule has 0 bridgehead atoms. The zero-order valence-electron chi connectivity index (χ0n) is 8.33. The highest BCUT2D eigenvalue weighted by Crippen LogP contribution is 2.45. The second kappa shape index (κ2) is 2.39. The zero-order chi connectivity index (χ0) is 9.76. The number of rotatable bonds is 1. The van der Waals surface area contributed by atoms with Crippen LogP contribution >= 0.6 is 0 Å². The predicted molar refractivity (Wildman–Crippen MR) is 58.0 cm³/mol. The third kappa shape index (κ3) is 0.946. The predicted octanol–water partition coefficient (Wildman–Crippen LogP) is 2.13. The molecule has 14 heavy (non-hydrogen) atoms. The highest BCUT2D eigenvalue weighted by atomic mass is 14.9. The van der Waals surface area contributed by atoms with E-state index in [1.165, 1.54) is 16.5 Å². The number of fused-ring (bicyclic) bond motifs is 1. The van der Waals surface area contributed by atoms with Gasteiger partial charge in [0, 0.05) is 29.7 Å². The summed E-state index contributed by atoms with van der Waals surface area (Å²) in [6.07, 6.45) is 4.43. The average Bonchev–Trinajstić information content (AvgIpc) is 2.84. The summed E-state index contributed by atoms with van der Waals surface area (Å²) in [7, 11) is 2.08. The second-order valence-electron chi connectivity index (χ2n) is 4.33. The third-order valence-corrected chi connectivity index (χ3v) is 3.22. The van der Waals surface area contributed by atoms with Gasteiger partial charge in [0.1, 0.15) is 0 Å². The Morgan fingerprint density at radius 3 is 2.71 bits per heavy atom. The molecule has 72 valence electrons. The molecule has 0 spiro atoms. The summed E-state index contributed by atoms with van der Waals surface area (Å²) in [4.78, 5) is 0. The van der Waals surface area contributed by atoms with E-state index in [2.05, 4.69) is 42.1 Å². The van der Waals surface area contributed by atoms with Gasteiger partial charge in [-0.05, 0) is 24.5 Å². The summed E-state index contributed by atoms with van der Waals surface area (Å²) in [5.41, 5.74) is 8.80. The van der Waals surface area contributed by atoms with Crippen LogP contribution in [-0.4, -0.2) is 4.57 Å². The molecule has 0 unspecified atom stereocenters. The van der Waals surface area contributed by atoms with E-state index < -0.39 is 0 Å². The van der Waals surface area contributed by atoms with Crippen LogP contribution < -0.4 is 5.73 Å². The quantitative estimate of drug-likeness (QED) is 0.726. The van der Waals surface area contributed by atoms with Crippen LogP contribution in [0.3, 0.4) is 0 Å². The molecule has 1 aromatic heterocycles. The molecule has 2 nitrogen and oxygen atoms in total. The van der Waals surface area contributed by atoms with Crippen LogP contribution in [0.25, 0.3) is 10.9 Å². The lowest BCUT2D eigenvalue weighted by atomic mass is 10.1. The van der Waals surface area contributed by atoms with Crippen molar-refractivity contribution in [2.75, 3.05) is 0 Å². The van der Waals surface area contributed by atoms with E-state index >= 15 is 0 Å². The van der Waals surface area contributed by atoms with E-state index in [1.54, 1.807) is 0 Å². The van der Waals surface area contributed by atoms with Crippen molar-refractivity contribution in [3.8, 4) is 0 Å². The van der Waals surface area contributed by atoms with Gasteiger partial charge in [0.2, 0.25) is 0 Å². The van der Waals surface area contributed by atoms with Crippen LogP contribution in [0.15, 0.2) is 30.5 Å². The van der Waals surface area contributed by atoms with Crippen molar-refractivity contribution >= 4 is 10.9 Å². The molecule has 1 heterocycles. The highest BCUT2D eigenvalue weighted by molar-refractivity contribution is 5.85. The maximum atomic E-state index is 6.23. The molecule has 0 atom stereocenters. The monoisotopic (exact) mass is 186 g/mol. The minimum Gasteiger partial charge on any atom is -0.350 e. The first kappa shape index (κ1) is 8.06. The Kier molecular flexibility index (Phi) is 1.38. The fourth-order valence-electron chi connectivity index (χ4n) is 2.14. The van der Waals surface area contributed by atoms with E-state index in [0.717, 1.165) is 12.8 Å². The molecule has 1 aromatic carbocycles. The number of aromatic nitrogens is 1. The Balaban J connectivity index is 2.34. The summed E-state index contributed by atoms with van der Waals surface area (Å²) in [6.45, 7) is 0. The van der Waals surface area contributed by atoms with Gasteiger partial charge in [-0.1, -0.05) is 18.2 Å². The van der Waals surface area contributed by atoms with Crippen LogP contribution in [0.2, 0.25) is 0 Å². The van der Waals surface area contributed by atoms with E-state index in [-0.39, 0.29) is 5.54 Å². The van der Waals surface area contributed by atoms with Crippen LogP contribution in [-0.2, 0) is 12.6 Å². The summed E-state index contributed by atoms with van der Waals surface area (Å²) in [5.74, 6) is 0. The molecule has 1 fully saturated rings. The molecule has 1 aliphatic carbocycles. The van der Waals surface area contributed by atoms with Crippen molar-refractivity contribution < 1.29 is 0 Å². The fourth-order valence-corrected chi connectivity index (χ4v) is 2.14.